The third-order valence-electron chi connectivity index (χ3n) is 2.02. The van der Waals surface area contributed by atoms with Gasteiger partial charge in [0.25, 0.3) is 0 Å². The fraction of sp³-hybridized carbons (Fsp3) is 0.273. The van der Waals surface area contributed by atoms with Crippen molar-refractivity contribution in [3.05, 3.63) is 33.8 Å². The van der Waals surface area contributed by atoms with Gasteiger partial charge >= 0.3 is 5.97 Å². The van der Waals surface area contributed by atoms with Gasteiger partial charge in [-0.25, -0.2) is 0 Å². The first-order chi connectivity index (χ1) is 7.51. The third-order valence-corrected chi connectivity index (χ3v) is 2.48. The number of nitrogens with two attached hydrogens (primary N) is 1. The third kappa shape index (κ3) is 4.01. The fourth-order valence-corrected chi connectivity index (χ4v) is 1.97. The van der Waals surface area contributed by atoms with Crippen molar-refractivity contribution in [2.75, 3.05) is 0 Å². The smallest absolute Gasteiger partial charge is 0.304 e. The van der Waals surface area contributed by atoms with Crippen molar-refractivity contribution >= 4 is 21.9 Å². The molecule has 0 bridgehead atoms. The van der Waals surface area contributed by atoms with Crippen molar-refractivity contribution in [3.63, 3.8) is 0 Å². The van der Waals surface area contributed by atoms with Crippen LogP contribution in [0.2, 0.25) is 0 Å². The number of aliphatic carboxylic acids is 1. The predicted octanol–water partition coefficient (Wildman–Crippen LogP) is 1.67. The Hall–Kier alpha value is -1.38. The second kappa shape index (κ2) is 5.64. The van der Waals surface area contributed by atoms with Crippen molar-refractivity contribution in [1.82, 2.24) is 0 Å². The Kier molecular flexibility index (Phi) is 4.47. The average molecular weight is 283 g/mol. The number of nitrogens with zero attached hydrogens (tertiary/aromatic N) is 1. The van der Waals surface area contributed by atoms with E-state index < -0.39 is 12.0 Å². The van der Waals surface area contributed by atoms with Crippen LogP contribution >= 0.6 is 15.9 Å². The van der Waals surface area contributed by atoms with Crippen molar-refractivity contribution in [3.8, 4) is 6.07 Å². The number of halogens is 1. The maximum absolute atomic E-state index is 10.4. The Morgan fingerprint density at radius 3 is 2.81 bits per heavy atom. The second-order valence-corrected chi connectivity index (χ2v) is 4.44. The summed E-state index contributed by atoms with van der Waals surface area (Å²) in [6.45, 7) is 0. The summed E-state index contributed by atoms with van der Waals surface area (Å²) in [5, 5.41) is 17.3. The molecule has 0 radical (unpaired) electrons. The van der Waals surface area contributed by atoms with Crippen molar-refractivity contribution in [1.29, 1.82) is 5.26 Å². The SMILES string of the molecule is N#Cc1cc(Br)cc(CC(N)CC(=O)O)c1. The summed E-state index contributed by atoms with van der Waals surface area (Å²) < 4.78 is 0.795. The van der Waals surface area contributed by atoms with Gasteiger partial charge in [0.05, 0.1) is 18.1 Å². The van der Waals surface area contributed by atoms with E-state index in [2.05, 4.69) is 15.9 Å². The molecule has 0 saturated carbocycles. The molecule has 0 aromatic heterocycles. The number of hydrogen-bond donors (Lipinski definition) is 2. The number of nitriles is 1. The van der Waals surface area contributed by atoms with Crippen molar-refractivity contribution < 1.29 is 9.90 Å². The van der Waals surface area contributed by atoms with E-state index in [4.69, 9.17) is 16.1 Å². The van der Waals surface area contributed by atoms with Gasteiger partial charge in [-0.3, -0.25) is 4.79 Å². The number of carbonyl (C=O) groups is 1. The Morgan fingerprint density at radius 1 is 1.56 bits per heavy atom. The number of rotatable bonds is 4. The molecular formula is C11H11BrN2O2. The molecule has 0 aliphatic carbocycles. The van der Waals surface area contributed by atoms with Gasteiger partial charge in [-0.15, -0.1) is 0 Å². The van der Waals surface area contributed by atoms with Crippen molar-refractivity contribution in [2.45, 2.75) is 18.9 Å². The summed E-state index contributed by atoms with van der Waals surface area (Å²) in [5.74, 6) is -0.914. The predicted molar refractivity (Wildman–Crippen MR) is 62.8 cm³/mol. The van der Waals surface area contributed by atoms with Gasteiger partial charge in [0.1, 0.15) is 0 Å². The normalized spacial score (nSPS) is 11.8. The van der Waals surface area contributed by atoms with Gasteiger partial charge in [-0.1, -0.05) is 15.9 Å². The van der Waals surface area contributed by atoms with Crippen LogP contribution < -0.4 is 5.73 Å². The Morgan fingerprint density at radius 2 is 2.25 bits per heavy atom. The van der Waals surface area contributed by atoms with Crippen LogP contribution in [0.5, 0.6) is 0 Å². The summed E-state index contributed by atoms with van der Waals surface area (Å²) in [4.78, 5) is 10.4. The minimum atomic E-state index is -0.914. The van der Waals surface area contributed by atoms with Crippen LogP contribution in [0.25, 0.3) is 0 Å². The number of carboxylic acid groups (broad SMARTS) is 1. The van der Waals surface area contributed by atoms with Crippen molar-refractivity contribution in [2.24, 2.45) is 5.73 Å². The zero-order chi connectivity index (χ0) is 12.1. The Labute approximate surface area is 102 Å². The molecule has 0 saturated heterocycles. The van der Waals surface area contributed by atoms with Crippen LogP contribution in [-0.4, -0.2) is 17.1 Å². The minimum Gasteiger partial charge on any atom is -0.481 e. The minimum absolute atomic E-state index is 0.0750. The highest BCUT2D eigenvalue weighted by Crippen LogP contribution is 2.16. The Balaban J connectivity index is 2.77. The zero-order valence-corrected chi connectivity index (χ0v) is 10.1. The second-order valence-electron chi connectivity index (χ2n) is 3.52. The molecule has 1 aromatic carbocycles. The highest BCUT2D eigenvalue weighted by atomic mass is 79.9. The maximum Gasteiger partial charge on any atom is 0.304 e. The molecule has 0 spiro atoms. The Bertz CT molecular complexity index is 440. The molecular weight excluding hydrogens is 272 g/mol. The van der Waals surface area contributed by atoms with Gasteiger partial charge < -0.3 is 10.8 Å². The van der Waals surface area contributed by atoms with Crippen LogP contribution in [-0.2, 0) is 11.2 Å². The molecule has 1 aromatic rings. The molecule has 0 aliphatic heterocycles. The highest BCUT2D eigenvalue weighted by molar-refractivity contribution is 9.10. The highest BCUT2D eigenvalue weighted by Gasteiger charge is 2.09. The first kappa shape index (κ1) is 12.7. The molecule has 1 unspecified atom stereocenters. The van der Waals surface area contributed by atoms with Crippen LogP contribution in [0, 0.1) is 11.3 Å². The summed E-state index contributed by atoms with van der Waals surface area (Å²) in [6.07, 6.45) is 0.370. The summed E-state index contributed by atoms with van der Waals surface area (Å²) >= 11 is 3.29. The lowest BCUT2D eigenvalue weighted by atomic mass is 10.0. The first-order valence-electron chi connectivity index (χ1n) is 4.68. The topological polar surface area (TPSA) is 87.1 Å². The molecule has 0 heterocycles. The lowest BCUT2D eigenvalue weighted by molar-refractivity contribution is -0.137. The monoisotopic (exact) mass is 282 g/mol. The maximum atomic E-state index is 10.4. The van der Waals surface area contributed by atoms with E-state index >= 15 is 0 Å². The molecule has 16 heavy (non-hydrogen) atoms. The standard InChI is InChI=1S/C11H11BrN2O2/c12-9-2-7(1-8(3-9)6-13)4-10(14)5-11(15)16/h1-3,10H,4-5,14H2,(H,15,16). The van der Waals surface area contributed by atoms with E-state index in [0.29, 0.717) is 12.0 Å². The fourth-order valence-electron chi connectivity index (χ4n) is 1.43. The molecule has 1 atom stereocenters. The van der Waals surface area contributed by atoms with E-state index in [1.807, 2.05) is 12.1 Å². The molecule has 84 valence electrons. The van der Waals surface area contributed by atoms with E-state index in [9.17, 15) is 4.79 Å². The van der Waals surface area contributed by atoms with Gasteiger partial charge in [0.2, 0.25) is 0 Å². The largest absolute Gasteiger partial charge is 0.481 e. The molecule has 3 N–H and O–H groups in total. The zero-order valence-electron chi connectivity index (χ0n) is 8.48. The molecule has 0 amide bonds. The number of carboxylic acids is 1. The van der Waals surface area contributed by atoms with E-state index in [1.54, 1.807) is 12.1 Å². The average Bonchev–Trinajstić information content (AvgIpc) is 2.14. The van der Waals surface area contributed by atoms with E-state index in [-0.39, 0.29) is 6.42 Å². The van der Waals surface area contributed by atoms with Gasteiger partial charge in [-0.05, 0) is 30.2 Å². The molecule has 5 heteroatoms. The first-order valence-corrected chi connectivity index (χ1v) is 5.47. The van der Waals surface area contributed by atoms with Crippen LogP contribution in [0.15, 0.2) is 22.7 Å². The van der Waals surface area contributed by atoms with Crippen LogP contribution in [0.3, 0.4) is 0 Å². The van der Waals surface area contributed by atoms with E-state index in [1.165, 1.54) is 0 Å². The molecule has 0 fully saturated rings. The van der Waals surface area contributed by atoms with Gasteiger partial charge in [0.15, 0.2) is 0 Å². The summed E-state index contributed by atoms with van der Waals surface area (Å²) in [5.41, 5.74) is 7.06. The van der Waals surface area contributed by atoms with Crippen LogP contribution in [0.1, 0.15) is 17.5 Å². The number of hydrogen-bond acceptors (Lipinski definition) is 3. The lowest BCUT2D eigenvalue weighted by Crippen LogP contribution is -2.26. The molecule has 0 aliphatic rings. The molecule has 1 rings (SSSR count). The lowest BCUT2D eigenvalue weighted by Gasteiger charge is -2.09. The van der Waals surface area contributed by atoms with Crippen LogP contribution in [0.4, 0.5) is 0 Å². The molecule has 4 nitrogen and oxygen atoms in total. The van der Waals surface area contributed by atoms with E-state index in [0.717, 1.165) is 10.0 Å². The van der Waals surface area contributed by atoms with Gasteiger partial charge in [0, 0.05) is 10.5 Å². The summed E-state index contributed by atoms with van der Waals surface area (Å²) in [7, 11) is 0. The quantitative estimate of drug-likeness (QED) is 0.879. The number of benzene rings is 1. The summed E-state index contributed by atoms with van der Waals surface area (Å²) in [6, 6.07) is 6.85. The van der Waals surface area contributed by atoms with Gasteiger partial charge in [-0.2, -0.15) is 5.26 Å².